The number of halogens is 1. The van der Waals surface area contributed by atoms with E-state index in [1.54, 1.807) is 24.3 Å². The second-order valence-corrected chi connectivity index (χ2v) is 7.29. The van der Waals surface area contributed by atoms with Gasteiger partial charge in [-0.25, -0.2) is 0 Å². The van der Waals surface area contributed by atoms with E-state index in [0.717, 1.165) is 11.1 Å². The molecule has 144 valence electrons. The number of anilines is 1. The van der Waals surface area contributed by atoms with Crippen molar-refractivity contribution >= 4 is 34.2 Å². The van der Waals surface area contributed by atoms with Gasteiger partial charge in [-0.1, -0.05) is 66.2 Å². The largest absolute Gasteiger partial charge is 0.330 e. The number of carbonyl (C=O) groups is 1. The number of nitrogens with one attached hydrogen (secondary N) is 1. The third-order valence-electron chi connectivity index (χ3n) is 4.89. The first-order valence-electron chi connectivity index (χ1n) is 9.26. The molecule has 4 nitrogen and oxygen atoms in total. The topological polar surface area (TPSA) is 51.1 Å². The summed E-state index contributed by atoms with van der Waals surface area (Å²) in [7, 11) is 1.84. The van der Waals surface area contributed by atoms with Crippen LogP contribution < -0.4 is 10.7 Å². The van der Waals surface area contributed by atoms with Crippen LogP contribution in [0.4, 0.5) is 5.82 Å². The molecule has 0 aliphatic rings. The number of carbonyl (C=O) groups excluding carboxylic acids is 1. The average Bonchev–Trinajstić information content (AvgIpc) is 2.73. The zero-order valence-electron chi connectivity index (χ0n) is 15.9. The standard InChI is InChI=1S/C24H19ClN2O2/c1-27-20-13-6-5-12-19(20)23(29)22(17-10-7-11-18(25)15-17)24(27)26-21(28)14-16-8-3-2-4-9-16/h2-13,15H,14H2,1H3,(H,26,28). The Labute approximate surface area is 173 Å². The van der Waals surface area contributed by atoms with Crippen LogP contribution in [0.1, 0.15) is 5.56 Å². The molecule has 5 heteroatoms. The van der Waals surface area contributed by atoms with E-state index < -0.39 is 0 Å². The van der Waals surface area contributed by atoms with Crippen LogP contribution in [0, 0.1) is 0 Å². The van der Waals surface area contributed by atoms with Crippen LogP contribution in [0.25, 0.3) is 22.0 Å². The number of amides is 1. The first kappa shape index (κ1) is 19.0. The molecule has 29 heavy (non-hydrogen) atoms. The Morgan fingerprint density at radius 3 is 2.45 bits per heavy atom. The maximum atomic E-state index is 13.3. The van der Waals surface area contributed by atoms with Crippen LogP contribution in [0.5, 0.6) is 0 Å². The van der Waals surface area contributed by atoms with Gasteiger partial charge in [0.05, 0.1) is 17.5 Å². The number of para-hydroxylation sites is 1. The van der Waals surface area contributed by atoms with Gasteiger partial charge in [-0.3, -0.25) is 9.59 Å². The number of benzene rings is 3. The van der Waals surface area contributed by atoms with Gasteiger partial charge >= 0.3 is 0 Å². The smallest absolute Gasteiger partial charge is 0.229 e. The fourth-order valence-corrected chi connectivity index (χ4v) is 3.69. The molecular weight excluding hydrogens is 384 g/mol. The summed E-state index contributed by atoms with van der Waals surface area (Å²) in [5.41, 5.74) is 2.60. The molecule has 1 aromatic heterocycles. The van der Waals surface area contributed by atoms with Gasteiger partial charge in [-0.15, -0.1) is 0 Å². The zero-order valence-corrected chi connectivity index (χ0v) is 16.6. The summed E-state index contributed by atoms with van der Waals surface area (Å²) in [4.78, 5) is 26.1. The average molecular weight is 403 g/mol. The van der Waals surface area contributed by atoms with Crippen LogP contribution in [0.15, 0.2) is 83.7 Å². The summed E-state index contributed by atoms with van der Waals surface area (Å²) >= 11 is 6.17. The molecule has 0 unspecified atom stereocenters. The summed E-state index contributed by atoms with van der Waals surface area (Å²) in [5.74, 6) is 0.265. The molecule has 1 amide bonds. The first-order chi connectivity index (χ1) is 14.0. The number of pyridine rings is 1. The highest BCUT2D eigenvalue weighted by Gasteiger charge is 2.19. The van der Waals surface area contributed by atoms with Crippen molar-refractivity contribution in [3.63, 3.8) is 0 Å². The quantitative estimate of drug-likeness (QED) is 0.520. The molecular formula is C24H19ClN2O2. The molecule has 0 saturated carbocycles. The molecule has 3 aromatic carbocycles. The van der Waals surface area contributed by atoms with Crippen molar-refractivity contribution in [2.24, 2.45) is 7.05 Å². The summed E-state index contributed by atoms with van der Waals surface area (Å²) in [6.07, 6.45) is 0.219. The molecule has 0 spiro atoms. The van der Waals surface area contributed by atoms with Gasteiger partial charge in [-0.05, 0) is 35.4 Å². The molecule has 4 rings (SSSR count). The highest BCUT2D eigenvalue weighted by molar-refractivity contribution is 6.30. The lowest BCUT2D eigenvalue weighted by Gasteiger charge is -2.18. The maximum absolute atomic E-state index is 13.3. The lowest BCUT2D eigenvalue weighted by atomic mass is 10.0. The van der Waals surface area contributed by atoms with Crippen molar-refractivity contribution in [1.29, 1.82) is 0 Å². The lowest BCUT2D eigenvalue weighted by Crippen LogP contribution is -2.22. The van der Waals surface area contributed by atoms with Crippen LogP contribution in [0.3, 0.4) is 0 Å². The van der Waals surface area contributed by atoms with Crippen LogP contribution >= 0.6 is 11.6 Å². The molecule has 1 N–H and O–H groups in total. The Hall–Kier alpha value is -3.37. The SMILES string of the molecule is Cn1c(NC(=O)Cc2ccccc2)c(-c2cccc(Cl)c2)c(=O)c2ccccc21. The Balaban J connectivity index is 1.87. The summed E-state index contributed by atoms with van der Waals surface area (Å²) in [6.45, 7) is 0. The van der Waals surface area contributed by atoms with E-state index in [1.165, 1.54) is 0 Å². The minimum absolute atomic E-state index is 0.143. The highest BCUT2D eigenvalue weighted by atomic mass is 35.5. The molecule has 0 saturated heterocycles. The summed E-state index contributed by atoms with van der Waals surface area (Å²) in [6, 6.07) is 24.0. The van der Waals surface area contributed by atoms with Crippen molar-refractivity contribution in [3.8, 4) is 11.1 Å². The molecule has 0 bridgehead atoms. The van der Waals surface area contributed by atoms with Gasteiger partial charge in [0.2, 0.25) is 5.91 Å². The Morgan fingerprint density at radius 1 is 0.966 bits per heavy atom. The Bertz CT molecular complexity index is 1260. The number of aromatic nitrogens is 1. The maximum Gasteiger partial charge on any atom is 0.229 e. The Morgan fingerprint density at radius 2 is 1.69 bits per heavy atom. The van der Waals surface area contributed by atoms with E-state index in [1.807, 2.05) is 66.2 Å². The monoisotopic (exact) mass is 402 g/mol. The fourth-order valence-electron chi connectivity index (χ4n) is 3.50. The molecule has 4 aromatic rings. The second kappa shape index (κ2) is 7.94. The van der Waals surface area contributed by atoms with Gasteiger partial charge in [0.1, 0.15) is 5.82 Å². The zero-order chi connectivity index (χ0) is 20.4. The second-order valence-electron chi connectivity index (χ2n) is 6.85. The molecule has 0 atom stereocenters. The van der Waals surface area contributed by atoms with Gasteiger partial charge in [0, 0.05) is 17.5 Å². The summed E-state index contributed by atoms with van der Waals surface area (Å²) < 4.78 is 1.84. The minimum atomic E-state index is -0.190. The van der Waals surface area contributed by atoms with Gasteiger partial charge < -0.3 is 9.88 Å². The van der Waals surface area contributed by atoms with E-state index in [2.05, 4.69) is 5.32 Å². The number of aryl methyl sites for hydroxylation is 1. The first-order valence-corrected chi connectivity index (χ1v) is 9.64. The normalized spacial score (nSPS) is 10.8. The van der Waals surface area contributed by atoms with Crippen LogP contribution in [-0.4, -0.2) is 10.5 Å². The van der Waals surface area contributed by atoms with E-state index in [9.17, 15) is 9.59 Å². The van der Waals surface area contributed by atoms with E-state index in [4.69, 9.17) is 11.6 Å². The Kier molecular flexibility index (Phi) is 5.19. The third-order valence-corrected chi connectivity index (χ3v) is 5.12. The molecule has 0 radical (unpaired) electrons. The number of hydrogen-bond acceptors (Lipinski definition) is 2. The lowest BCUT2D eigenvalue weighted by molar-refractivity contribution is -0.115. The molecule has 1 heterocycles. The van der Waals surface area contributed by atoms with Crippen LogP contribution in [-0.2, 0) is 18.3 Å². The van der Waals surface area contributed by atoms with Crippen molar-refractivity contribution in [1.82, 2.24) is 4.57 Å². The number of nitrogens with zero attached hydrogens (tertiary/aromatic N) is 1. The summed E-state index contributed by atoms with van der Waals surface area (Å²) in [5, 5.41) is 4.08. The highest BCUT2D eigenvalue weighted by Crippen LogP contribution is 2.29. The molecule has 0 aliphatic heterocycles. The van der Waals surface area contributed by atoms with Crippen molar-refractivity contribution in [2.75, 3.05) is 5.32 Å². The van der Waals surface area contributed by atoms with Gasteiger partial charge in [0.15, 0.2) is 5.43 Å². The molecule has 0 aliphatic carbocycles. The minimum Gasteiger partial charge on any atom is -0.330 e. The van der Waals surface area contributed by atoms with Crippen molar-refractivity contribution < 1.29 is 4.79 Å². The van der Waals surface area contributed by atoms with Gasteiger partial charge in [-0.2, -0.15) is 0 Å². The molecule has 0 fully saturated rings. The van der Waals surface area contributed by atoms with Crippen molar-refractivity contribution in [2.45, 2.75) is 6.42 Å². The third kappa shape index (κ3) is 3.80. The predicted octanol–water partition coefficient (Wildman–Crippen LogP) is 5.04. The van der Waals surface area contributed by atoms with Gasteiger partial charge in [0.25, 0.3) is 0 Å². The van der Waals surface area contributed by atoms with E-state index in [-0.39, 0.29) is 17.8 Å². The fraction of sp³-hybridized carbons (Fsp3) is 0.0833. The number of rotatable bonds is 4. The van der Waals surface area contributed by atoms with E-state index in [0.29, 0.717) is 27.4 Å². The number of hydrogen-bond donors (Lipinski definition) is 1. The number of fused-ring (bicyclic) bond motifs is 1. The van der Waals surface area contributed by atoms with Crippen LogP contribution in [0.2, 0.25) is 5.02 Å². The van der Waals surface area contributed by atoms with Crippen molar-refractivity contribution in [3.05, 3.63) is 99.7 Å². The van der Waals surface area contributed by atoms with E-state index >= 15 is 0 Å². The predicted molar refractivity (Wildman–Crippen MR) is 118 cm³/mol.